The molecule has 1 aromatic carbocycles. The molecule has 0 aromatic heterocycles. The Morgan fingerprint density at radius 2 is 1.76 bits per heavy atom. The van der Waals surface area contributed by atoms with E-state index in [1.165, 1.54) is 0 Å². The molecule has 0 spiro atoms. The van der Waals surface area contributed by atoms with Crippen molar-refractivity contribution in [2.75, 3.05) is 60.2 Å². The molecule has 1 aliphatic carbocycles. The number of likely N-dealkylation sites (N-methyl/N-ethyl adjacent to an activating group) is 1. The lowest BCUT2D eigenvalue weighted by Gasteiger charge is -2.48. The van der Waals surface area contributed by atoms with E-state index >= 15 is 0 Å². The summed E-state index contributed by atoms with van der Waals surface area (Å²) in [7, 11) is 3.60. The summed E-state index contributed by atoms with van der Waals surface area (Å²) in [5, 5.41) is 22.4. The van der Waals surface area contributed by atoms with Crippen molar-refractivity contribution in [3.8, 4) is 11.5 Å². The van der Waals surface area contributed by atoms with Gasteiger partial charge in [0.2, 0.25) is 12.7 Å². The maximum Gasteiger partial charge on any atom is 0.339 e. The van der Waals surface area contributed by atoms with Gasteiger partial charge in [0.25, 0.3) is 0 Å². The van der Waals surface area contributed by atoms with E-state index in [9.17, 15) is 19.8 Å². The number of carbonyl (C=O) groups excluding carboxylic acids is 2. The number of benzene rings is 1. The zero-order valence-electron chi connectivity index (χ0n) is 27.1. The highest BCUT2D eigenvalue weighted by Crippen LogP contribution is 2.50. The maximum absolute atomic E-state index is 14.3. The second-order valence-electron chi connectivity index (χ2n) is 14.2. The number of aliphatic hydroxyl groups is 2. The predicted octanol–water partition coefficient (Wildman–Crippen LogP) is 2.43. The largest absolute Gasteiger partial charge is 0.497 e. The van der Waals surface area contributed by atoms with Crippen molar-refractivity contribution in [3.63, 3.8) is 0 Å². The predicted molar refractivity (Wildman–Crippen MR) is 166 cm³/mol. The lowest BCUT2D eigenvalue weighted by Crippen LogP contribution is -2.55. The van der Waals surface area contributed by atoms with E-state index in [4.69, 9.17) is 18.9 Å². The highest BCUT2D eigenvalue weighted by atomic mass is 16.7. The first-order chi connectivity index (χ1) is 21.5. The molecule has 2 fully saturated rings. The maximum atomic E-state index is 14.3. The van der Waals surface area contributed by atoms with E-state index in [2.05, 4.69) is 21.9 Å². The minimum atomic E-state index is -2.06. The second kappa shape index (κ2) is 12.7. The molecule has 0 radical (unpaired) electrons. The second-order valence-corrected chi connectivity index (χ2v) is 14.2. The molecule has 6 rings (SSSR count). The normalized spacial score (nSPS) is 27.9. The fourth-order valence-corrected chi connectivity index (χ4v) is 7.89. The van der Waals surface area contributed by atoms with E-state index in [0.717, 1.165) is 62.3 Å². The van der Waals surface area contributed by atoms with Gasteiger partial charge in [-0.2, -0.15) is 0 Å². The average Bonchev–Trinajstić information content (AvgIpc) is 3.39. The van der Waals surface area contributed by atoms with Crippen LogP contribution >= 0.6 is 0 Å². The van der Waals surface area contributed by atoms with Crippen molar-refractivity contribution in [2.24, 2.45) is 5.92 Å². The van der Waals surface area contributed by atoms with Crippen LogP contribution in [0.4, 0.5) is 0 Å². The fraction of sp³-hybridized carbons (Fsp3) is 0.706. The summed E-state index contributed by atoms with van der Waals surface area (Å²) in [6.45, 7) is 7.93. The number of methoxy groups -OCH3 is 1. The van der Waals surface area contributed by atoms with Gasteiger partial charge >= 0.3 is 5.97 Å². The number of ether oxygens (including phenoxy) is 4. The van der Waals surface area contributed by atoms with Crippen molar-refractivity contribution in [3.05, 3.63) is 35.1 Å². The SMILES string of the molecule is COC1=CC2CCCN3CCc4cc5c(cc4C(C1OC(=O)C(O)(CCCC(C)(C)O)CC(=O)N1CCN(C)CC1)C23)OCO5. The zero-order chi connectivity index (χ0) is 31.9. The first-order valence-corrected chi connectivity index (χ1v) is 16.5. The van der Waals surface area contributed by atoms with Crippen LogP contribution < -0.4 is 9.47 Å². The topological polar surface area (TPSA) is 121 Å². The Balaban J connectivity index is 1.33. The van der Waals surface area contributed by atoms with Crippen LogP contribution in [0.5, 0.6) is 11.5 Å². The molecule has 4 heterocycles. The van der Waals surface area contributed by atoms with Gasteiger partial charge in [-0.25, -0.2) is 4.79 Å². The Bertz CT molecular complexity index is 1300. The molecule has 2 saturated heterocycles. The summed E-state index contributed by atoms with van der Waals surface area (Å²) in [6, 6.07) is 4.16. The molecule has 5 atom stereocenters. The van der Waals surface area contributed by atoms with Crippen molar-refractivity contribution in [1.82, 2.24) is 14.7 Å². The van der Waals surface area contributed by atoms with Crippen molar-refractivity contribution in [2.45, 2.75) is 88.1 Å². The van der Waals surface area contributed by atoms with Gasteiger partial charge in [-0.3, -0.25) is 9.69 Å². The zero-order valence-corrected chi connectivity index (χ0v) is 27.1. The Kier molecular flexibility index (Phi) is 9.08. The van der Waals surface area contributed by atoms with Crippen LogP contribution in [0.2, 0.25) is 0 Å². The van der Waals surface area contributed by atoms with Crippen LogP contribution in [0.3, 0.4) is 0 Å². The quantitative estimate of drug-likeness (QED) is 0.395. The third-order valence-corrected chi connectivity index (χ3v) is 10.4. The number of piperidine rings is 1. The van der Waals surface area contributed by atoms with Gasteiger partial charge in [0.05, 0.1) is 19.1 Å². The number of piperazine rings is 1. The molecule has 5 unspecified atom stereocenters. The summed E-state index contributed by atoms with van der Waals surface area (Å²) >= 11 is 0. The van der Waals surface area contributed by atoms with Gasteiger partial charge in [0.15, 0.2) is 23.2 Å². The van der Waals surface area contributed by atoms with Crippen molar-refractivity contribution >= 4 is 11.9 Å². The fourth-order valence-electron chi connectivity index (χ4n) is 7.89. The first-order valence-electron chi connectivity index (χ1n) is 16.5. The first kappa shape index (κ1) is 32.1. The van der Waals surface area contributed by atoms with Crippen LogP contribution in [0.15, 0.2) is 24.0 Å². The molecule has 0 saturated carbocycles. The van der Waals surface area contributed by atoms with Gasteiger partial charge < -0.3 is 39.0 Å². The standard InChI is InChI=1S/C34H49N3O8/c1-33(2,40)9-6-10-34(41,20-28(38)36-15-13-35(3)14-16-36)32(39)45-31-27(42-4)18-23-7-5-11-37-12-8-22-17-25-26(44-21-43-25)19-24(22)29(31)30(23)37/h17-19,23,29-31,40-41H,5-16,20-21H2,1-4H3. The highest BCUT2D eigenvalue weighted by molar-refractivity contribution is 5.88. The molecule has 11 heteroatoms. The van der Waals surface area contributed by atoms with Gasteiger partial charge in [0, 0.05) is 44.7 Å². The minimum Gasteiger partial charge on any atom is -0.497 e. The lowest BCUT2D eigenvalue weighted by atomic mass is 9.71. The third kappa shape index (κ3) is 6.68. The highest BCUT2D eigenvalue weighted by Gasteiger charge is 2.52. The Morgan fingerprint density at radius 1 is 1.02 bits per heavy atom. The Labute approximate surface area is 266 Å². The summed E-state index contributed by atoms with van der Waals surface area (Å²) in [5.74, 6) is 0.805. The number of fused-ring (bicyclic) bond motifs is 3. The van der Waals surface area contributed by atoms with E-state index in [1.54, 1.807) is 25.9 Å². The number of carbonyl (C=O) groups is 2. The smallest absolute Gasteiger partial charge is 0.339 e. The Morgan fingerprint density at radius 3 is 2.47 bits per heavy atom. The average molecular weight is 628 g/mol. The van der Waals surface area contributed by atoms with Crippen LogP contribution in [0.1, 0.15) is 69.4 Å². The van der Waals surface area contributed by atoms with Gasteiger partial charge in [-0.15, -0.1) is 0 Å². The molecule has 11 nitrogen and oxygen atoms in total. The summed E-state index contributed by atoms with van der Waals surface area (Å²) in [6.07, 6.45) is 4.52. The van der Waals surface area contributed by atoms with E-state index in [0.29, 0.717) is 37.4 Å². The number of rotatable bonds is 9. The van der Waals surface area contributed by atoms with E-state index in [1.807, 2.05) is 13.1 Å². The summed E-state index contributed by atoms with van der Waals surface area (Å²) in [5.41, 5.74) is -0.868. The van der Waals surface area contributed by atoms with E-state index in [-0.39, 0.29) is 43.4 Å². The van der Waals surface area contributed by atoms with Gasteiger partial charge in [-0.05, 0) is 101 Å². The van der Waals surface area contributed by atoms with Crippen LogP contribution in [0, 0.1) is 5.92 Å². The van der Waals surface area contributed by atoms with Gasteiger partial charge in [0.1, 0.15) is 5.76 Å². The van der Waals surface area contributed by atoms with Crippen molar-refractivity contribution in [1.29, 1.82) is 0 Å². The molecular formula is C34H49N3O8. The van der Waals surface area contributed by atoms with Gasteiger partial charge in [-0.1, -0.05) is 0 Å². The molecular weight excluding hydrogens is 578 g/mol. The number of amides is 1. The van der Waals surface area contributed by atoms with Crippen LogP contribution in [-0.2, 0) is 25.5 Å². The summed E-state index contributed by atoms with van der Waals surface area (Å²) < 4.78 is 23.8. The summed E-state index contributed by atoms with van der Waals surface area (Å²) in [4.78, 5) is 34.1. The molecule has 0 bridgehead atoms. The molecule has 2 N–H and O–H groups in total. The van der Waals surface area contributed by atoms with E-state index < -0.39 is 23.3 Å². The number of esters is 1. The molecule has 1 amide bonds. The lowest BCUT2D eigenvalue weighted by molar-refractivity contribution is -0.178. The Hall–Kier alpha value is -2.86. The molecule has 4 aliphatic heterocycles. The molecule has 5 aliphatic rings. The molecule has 45 heavy (non-hydrogen) atoms. The number of hydrogen-bond donors (Lipinski definition) is 2. The third-order valence-electron chi connectivity index (χ3n) is 10.4. The van der Waals surface area contributed by atoms with Crippen LogP contribution in [0.25, 0.3) is 0 Å². The monoisotopic (exact) mass is 627 g/mol. The minimum absolute atomic E-state index is 0.00776. The van der Waals surface area contributed by atoms with Crippen LogP contribution in [-0.4, -0.2) is 120 Å². The number of hydrogen-bond acceptors (Lipinski definition) is 10. The molecule has 248 valence electrons. The van der Waals surface area contributed by atoms with Crippen molar-refractivity contribution < 1.29 is 38.7 Å². The number of nitrogens with zero attached hydrogens (tertiary/aromatic N) is 3. The molecule has 1 aromatic rings.